The fraction of sp³-hybridized carbons (Fsp3) is 0.250. The Bertz CT molecular complexity index is 1010. The molecule has 3 N–H and O–H groups in total. The van der Waals surface area contributed by atoms with Crippen LogP contribution in [-0.2, 0) is 9.59 Å². The lowest BCUT2D eigenvalue weighted by Gasteiger charge is -2.32. The number of fused-ring (bicyclic) bond motifs is 1. The van der Waals surface area contributed by atoms with E-state index in [0.717, 1.165) is 29.5 Å². The molecular weight excluding hydrogens is 412 g/mol. The van der Waals surface area contributed by atoms with Gasteiger partial charge in [0.25, 0.3) is 0 Å². The molecule has 0 aromatic heterocycles. The number of carbonyl (C=O) groups is 2. The molecule has 1 saturated heterocycles. The van der Waals surface area contributed by atoms with E-state index >= 15 is 0 Å². The van der Waals surface area contributed by atoms with Crippen LogP contribution >= 0.6 is 11.8 Å². The first kappa shape index (κ1) is 20.5. The van der Waals surface area contributed by atoms with Gasteiger partial charge in [0.2, 0.25) is 11.8 Å². The highest BCUT2D eigenvalue weighted by Crippen LogP contribution is 2.30. The number of anilines is 2. The molecule has 0 spiro atoms. The first-order valence-corrected chi connectivity index (χ1v) is 10.3. The molecule has 2 atom stereocenters. The van der Waals surface area contributed by atoms with E-state index in [1.165, 1.54) is 11.0 Å². The Labute approximate surface area is 175 Å². The Balaban J connectivity index is 1.53. The van der Waals surface area contributed by atoms with E-state index in [2.05, 4.69) is 21.2 Å². The smallest absolute Gasteiger partial charge is 0.241 e. The van der Waals surface area contributed by atoms with Gasteiger partial charge in [-0.25, -0.2) is 19.2 Å². The van der Waals surface area contributed by atoms with Gasteiger partial charge in [-0.15, -0.1) is 0 Å². The van der Waals surface area contributed by atoms with Crippen LogP contribution in [0.25, 0.3) is 0 Å². The first-order chi connectivity index (χ1) is 14.4. The van der Waals surface area contributed by atoms with Crippen LogP contribution in [-0.4, -0.2) is 35.4 Å². The molecule has 2 amide bonds. The molecule has 1 fully saturated rings. The zero-order valence-electron chi connectivity index (χ0n) is 16.0. The molecule has 2 aliphatic rings. The lowest BCUT2D eigenvalue weighted by Crippen LogP contribution is -2.49. The molecule has 2 aromatic carbocycles. The maximum Gasteiger partial charge on any atom is 0.241 e. The molecule has 2 aromatic rings. The second-order valence-electron chi connectivity index (χ2n) is 6.96. The van der Waals surface area contributed by atoms with Crippen molar-refractivity contribution in [2.24, 2.45) is 10.9 Å². The molecular formula is C20H19F2N5O2S. The third-order valence-electron chi connectivity index (χ3n) is 4.76. The van der Waals surface area contributed by atoms with E-state index in [-0.39, 0.29) is 28.4 Å². The van der Waals surface area contributed by atoms with Crippen LogP contribution in [0.3, 0.4) is 0 Å². The summed E-state index contributed by atoms with van der Waals surface area (Å²) in [4.78, 5) is 31.1. The summed E-state index contributed by atoms with van der Waals surface area (Å²) < 4.78 is 27.2. The summed E-state index contributed by atoms with van der Waals surface area (Å²) in [7, 11) is 0. The number of aryl methyl sites for hydroxylation is 1. The van der Waals surface area contributed by atoms with Crippen LogP contribution in [0.5, 0.6) is 0 Å². The number of thioether (sulfide) groups is 1. The van der Waals surface area contributed by atoms with E-state index in [9.17, 15) is 18.4 Å². The number of halogens is 2. The summed E-state index contributed by atoms with van der Waals surface area (Å²) in [5, 5.41) is 3.02. The van der Waals surface area contributed by atoms with Crippen molar-refractivity contribution in [1.29, 1.82) is 0 Å². The molecule has 0 bridgehead atoms. The van der Waals surface area contributed by atoms with Crippen LogP contribution in [0, 0.1) is 24.5 Å². The number of hydrogen-bond donors (Lipinski definition) is 3. The third kappa shape index (κ3) is 4.20. The van der Waals surface area contributed by atoms with Gasteiger partial charge >= 0.3 is 0 Å². The first-order valence-electron chi connectivity index (χ1n) is 9.27. The third-order valence-corrected chi connectivity index (χ3v) is 5.71. The summed E-state index contributed by atoms with van der Waals surface area (Å²) >= 11 is 1.05. The standard InChI is InChI=1S/C20H19F2N5O2S/c1-11-2-4-12(5-3-11)24-17(28)10-30-20-25-18-14(9-23-26-18)19(29)27(20)13-6-7-15(21)16(22)8-13/h2-8,14,18,23,26H,9-10H2,1H3,(H,24,28). The highest BCUT2D eigenvalue weighted by atomic mass is 32.2. The van der Waals surface area contributed by atoms with Crippen molar-refractivity contribution in [3.05, 3.63) is 59.7 Å². The van der Waals surface area contributed by atoms with Crippen molar-refractivity contribution < 1.29 is 18.4 Å². The maximum atomic E-state index is 13.8. The van der Waals surface area contributed by atoms with E-state index in [0.29, 0.717) is 12.2 Å². The minimum absolute atomic E-state index is 0.00895. The summed E-state index contributed by atoms with van der Waals surface area (Å²) in [6, 6.07) is 10.6. The Hall–Kier alpha value is -2.82. The van der Waals surface area contributed by atoms with Gasteiger partial charge in [0.1, 0.15) is 6.17 Å². The number of hydrogen-bond acceptors (Lipinski definition) is 6. The molecule has 2 heterocycles. The normalized spacial score (nSPS) is 20.7. The second kappa shape index (κ2) is 8.50. The molecule has 7 nitrogen and oxygen atoms in total. The van der Waals surface area contributed by atoms with Gasteiger partial charge in [-0.05, 0) is 31.2 Å². The highest BCUT2D eigenvalue weighted by molar-refractivity contribution is 8.14. The molecule has 0 radical (unpaired) electrons. The molecule has 4 rings (SSSR count). The lowest BCUT2D eigenvalue weighted by molar-refractivity contribution is -0.121. The minimum atomic E-state index is -1.06. The monoisotopic (exact) mass is 431 g/mol. The van der Waals surface area contributed by atoms with Gasteiger partial charge in [0.15, 0.2) is 16.8 Å². The Morgan fingerprint density at radius 3 is 2.73 bits per heavy atom. The molecule has 10 heteroatoms. The van der Waals surface area contributed by atoms with Crippen molar-refractivity contribution in [3.63, 3.8) is 0 Å². The van der Waals surface area contributed by atoms with Crippen LogP contribution in [0.4, 0.5) is 20.2 Å². The van der Waals surface area contributed by atoms with Crippen LogP contribution in [0.15, 0.2) is 47.5 Å². The Kier molecular flexibility index (Phi) is 5.80. The lowest BCUT2D eigenvalue weighted by atomic mass is 10.0. The van der Waals surface area contributed by atoms with Gasteiger partial charge in [0.05, 0.1) is 17.4 Å². The predicted octanol–water partition coefficient (Wildman–Crippen LogP) is 2.40. The van der Waals surface area contributed by atoms with E-state index in [4.69, 9.17) is 0 Å². The second-order valence-corrected chi connectivity index (χ2v) is 7.91. The van der Waals surface area contributed by atoms with Crippen molar-refractivity contribution in [1.82, 2.24) is 10.9 Å². The van der Waals surface area contributed by atoms with E-state index in [1.807, 2.05) is 19.1 Å². The number of amidine groups is 1. The fourth-order valence-corrected chi connectivity index (χ4v) is 4.04. The molecule has 2 unspecified atom stereocenters. The maximum absolute atomic E-state index is 13.8. The van der Waals surface area contributed by atoms with Gasteiger partial charge in [-0.2, -0.15) is 0 Å². The van der Waals surface area contributed by atoms with Gasteiger partial charge in [-0.1, -0.05) is 29.5 Å². The summed E-state index contributed by atoms with van der Waals surface area (Å²) in [6.07, 6.45) is -0.485. The largest absolute Gasteiger partial charge is 0.325 e. The van der Waals surface area contributed by atoms with Crippen LogP contribution < -0.4 is 21.1 Å². The topological polar surface area (TPSA) is 85.8 Å². The highest BCUT2D eigenvalue weighted by Gasteiger charge is 2.42. The van der Waals surface area contributed by atoms with Gasteiger partial charge < -0.3 is 5.32 Å². The molecule has 156 valence electrons. The molecule has 30 heavy (non-hydrogen) atoms. The fourth-order valence-electron chi connectivity index (χ4n) is 3.19. The number of carbonyl (C=O) groups excluding carboxylic acids is 2. The average Bonchev–Trinajstić information content (AvgIpc) is 3.19. The number of aliphatic imine (C=N–C) groups is 1. The molecule has 0 aliphatic carbocycles. The predicted molar refractivity (Wildman–Crippen MR) is 112 cm³/mol. The SMILES string of the molecule is Cc1ccc(NC(=O)CSC2=NC3NNCC3C(=O)N2c2ccc(F)c(F)c2)cc1. The average molecular weight is 431 g/mol. The molecule has 2 aliphatic heterocycles. The number of hydrazine groups is 1. The van der Waals surface area contributed by atoms with Crippen LogP contribution in [0.2, 0.25) is 0 Å². The van der Waals surface area contributed by atoms with E-state index in [1.54, 1.807) is 12.1 Å². The summed E-state index contributed by atoms with van der Waals surface area (Å²) in [5.74, 6) is -3.14. The van der Waals surface area contributed by atoms with Crippen molar-refractivity contribution in [2.75, 3.05) is 22.5 Å². The molecule has 0 saturated carbocycles. The van der Waals surface area contributed by atoms with Crippen molar-refractivity contribution in [3.8, 4) is 0 Å². The van der Waals surface area contributed by atoms with E-state index < -0.39 is 23.7 Å². The number of benzene rings is 2. The number of nitrogens with one attached hydrogen (secondary N) is 3. The quantitative estimate of drug-likeness (QED) is 0.692. The van der Waals surface area contributed by atoms with Crippen molar-refractivity contribution in [2.45, 2.75) is 13.1 Å². The summed E-state index contributed by atoms with van der Waals surface area (Å²) in [5.41, 5.74) is 7.69. The van der Waals surface area contributed by atoms with Gasteiger partial charge in [0, 0.05) is 18.3 Å². The minimum Gasteiger partial charge on any atom is -0.325 e. The number of amides is 2. The Morgan fingerprint density at radius 1 is 1.23 bits per heavy atom. The summed E-state index contributed by atoms with van der Waals surface area (Å²) in [6.45, 7) is 2.31. The zero-order chi connectivity index (χ0) is 21.3. The number of nitrogens with zero attached hydrogens (tertiary/aromatic N) is 2. The number of rotatable bonds is 4. The van der Waals surface area contributed by atoms with Crippen LogP contribution in [0.1, 0.15) is 5.56 Å². The zero-order valence-corrected chi connectivity index (χ0v) is 16.8. The van der Waals surface area contributed by atoms with Crippen molar-refractivity contribution >= 4 is 40.1 Å². The van der Waals surface area contributed by atoms with Gasteiger partial charge in [-0.3, -0.25) is 19.9 Å². The Morgan fingerprint density at radius 2 is 2.00 bits per heavy atom.